The maximum absolute atomic E-state index is 11.6. The zero-order valence-electron chi connectivity index (χ0n) is 24.9. The number of aryl methyl sites for hydroxylation is 5. The summed E-state index contributed by atoms with van der Waals surface area (Å²) in [6, 6.07) is 16.2. The first kappa shape index (κ1) is 29.4. The predicted molar refractivity (Wildman–Crippen MR) is 168 cm³/mol. The van der Waals surface area contributed by atoms with E-state index in [4.69, 9.17) is 21.4 Å². The van der Waals surface area contributed by atoms with Crippen LogP contribution in [0.1, 0.15) is 52.3 Å². The Bertz CT molecular complexity index is 1730. The number of nitrogens with zero attached hydrogens (tertiary/aromatic N) is 4. The van der Waals surface area contributed by atoms with Crippen molar-refractivity contribution < 1.29 is 14.6 Å². The number of hydrogen-bond acceptors (Lipinski definition) is 4. The van der Waals surface area contributed by atoms with Crippen molar-refractivity contribution in [2.24, 2.45) is 0 Å². The van der Waals surface area contributed by atoms with Gasteiger partial charge >= 0.3 is 5.97 Å². The van der Waals surface area contributed by atoms with Crippen LogP contribution in [0.15, 0.2) is 54.7 Å². The lowest BCUT2D eigenvalue weighted by Crippen LogP contribution is -2.07. The molecule has 0 aliphatic carbocycles. The molecule has 8 heteroatoms. The predicted octanol–water partition coefficient (Wildman–Crippen LogP) is 7.63. The number of pyridine rings is 1. The van der Waals surface area contributed by atoms with Crippen molar-refractivity contribution in [1.29, 1.82) is 0 Å². The summed E-state index contributed by atoms with van der Waals surface area (Å²) >= 11 is 6.32. The molecule has 0 amide bonds. The Kier molecular flexibility index (Phi) is 8.69. The lowest BCUT2D eigenvalue weighted by atomic mass is 9.98. The molecule has 42 heavy (non-hydrogen) atoms. The van der Waals surface area contributed by atoms with Gasteiger partial charge in [0.1, 0.15) is 5.75 Å². The fraction of sp³-hybridized carbons (Fsp3) is 0.324. The smallest absolute Gasteiger partial charge is 0.305 e. The van der Waals surface area contributed by atoms with Gasteiger partial charge < -0.3 is 14.4 Å². The van der Waals surface area contributed by atoms with Crippen LogP contribution in [0, 0.1) is 34.6 Å². The lowest BCUT2D eigenvalue weighted by Gasteiger charge is -2.12. The Labute approximate surface area is 251 Å². The molecule has 2 aromatic carbocycles. The molecule has 0 aliphatic rings. The highest BCUT2D eigenvalue weighted by atomic mass is 35.5. The molecule has 1 N–H and O–H groups in total. The van der Waals surface area contributed by atoms with E-state index < -0.39 is 5.97 Å². The molecule has 218 valence electrons. The second-order valence-electron chi connectivity index (χ2n) is 10.9. The first-order valence-electron chi connectivity index (χ1n) is 14.3. The highest BCUT2D eigenvalue weighted by Gasteiger charge is 2.22. The van der Waals surface area contributed by atoms with Gasteiger partial charge in [-0.05, 0) is 88.4 Å². The Morgan fingerprint density at radius 2 is 1.76 bits per heavy atom. The van der Waals surface area contributed by atoms with Crippen molar-refractivity contribution in [3.8, 4) is 16.9 Å². The van der Waals surface area contributed by atoms with E-state index in [0.717, 1.165) is 79.5 Å². The second-order valence-corrected chi connectivity index (χ2v) is 11.3. The molecule has 3 heterocycles. The Balaban J connectivity index is 1.49. The number of aromatic nitrogens is 4. The third-order valence-corrected chi connectivity index (χ3v) is 8.56. The van der Waals surface area contributed by atoms with E-state index in [2.05, 4.69) is 41.6 Å². The summed E-state index contributed by atoms with van der Waals surface area (Å²) in [5.41, 5.74) is 10.5. The van der Waals surface area contributed by atoms with Gasteiger partial charge in [0.2, 0.25) is 0 Å². The zero-order chi connectivity index (χ0) is 30.0. The molecule has 5 aromatic rings. The van der Waals surface area contributed by atoms with Gasteiger partial charge in [0.25, 0.3) is 0 Å². The van der Waals surface area contributed by atoms with Gasteiger partial charge in [-0.1, -0.05) is 35.9 Å². The van der Waals surface area contributed by atoms with Crippen molar-refractivity contribution in [3.63, 3.8) is 0 Å². The van der Waals surface area contributed by atoms with Crippen LogP contribution in [0.2, 0.25) is 5.02 Å². The van der Waals surface area contributed by atoms with Gasteiger partial charge in [0.05, 0.1) is 36.5 Å². The maximum Gasteiger partial charge on any atom is 0.305 e. The summed E-state index contributed by atoms with van der Waals surface area (Å²) in [7, 11) is 0. The molecular weight excluding hydrogens is 548 g/mol. The molecule has 0 radical (unpaired) electrons. The number of hydrogen-bond donors (Lipinski definition) is 1. The fourth-order valence-corrected chi connectivity index (χ4v) is 6.03. The van der Waals surface area contributed by atoms with Crippen LogP contribution in [-0.4, -0.2) is 37.0 Å². The number of carbonyl (C=O) groups is 1. The summed E-state index contributed by atoms with van der Waals surface area (Å²) in [4.78, 5) is 16.1. The molecule has 7 nitrogen and oxygen atoms in total. The average Bonchev–Trinajstić information content (AvgIpc) is 3.39. The number of rotatable bonds is 11. The Hall–Kier alpha value is -4.10. The van der Waals surface area contributed by atoms with Crippen molar-refractivity contribution in [2.75, 3.05) is 6.61 Å². The van der Waals surface area contributed by atoms with Crippen molar-refractivity contribution in [1.82, 2.24) is 19.3 Å². The van der Waals surface area contributed by atoms with E-state index in [0.29, 0.717) is 19.7 Å². The second kappa shape index (κ2) is 12.4. The van der Waals surface area contributed by atoms with Crippen LogP contribution < -0.4 is 4.74 Å². The lowest BCUT2D eigenvalue weighted by molar-refractivity contribution is -0.137. The summed E-state index contributed by atoms with van der Waals surface area (Å²) in [6.45, 7) is 11.7. The standard InChI is InChI=1S/C34H37ClN4O3/c1-21-18-27(19-22(2)33(21)35)42-17-9-13-28-24(4)38(16-14-31(40)41)34-29(28)11-8-12-30(34)32-23(3)37-39(25(32)5)20-26-10-6-7-15-36-26/h6-8,10-12,15,18-19H,9,13-14,16-17,20H2,1-5H3,(H,40,41). The molecule has 0 saturated heterocycles. The monoisotopic (exact) mass is 584 g/mol. The molecule has 0 spiro atoms. The van der Waals surface area contributed by atoms with Gasteiger partial charge in [0.15, 0.2) is 0 Å². The topological polar surface area (TPSA) is 82.2 Å². The van der Waals surface area contributed by atoms with E-state index in [9.17, 15) is 9.90 Å². The van der Waals surface area contributed by atoms with Crippen LogP contribution in [0.3, 0.4) is 0 Å². The molecular formula is C34H37ClN4O3. The summed E-state index contributed by atoms with van der Waals surface area (Å²) in [6.07, 6.45) is 3.48. The minimum absolute atomic E-state index is 0.0493. The van der Waals surface area contributed by atoms with E-state index in [1.165, 1.54) is 5.56 Å². The van der Waals surface area contributed by atoms with E-state index in [1.54, 1.807) is 6.20 Å². The van der Waals surface area contributed by atoms with Crippen LogP contribution >= 0.6 is 11.6 Å². The third-order valence-electron chi connectivity index (χ3n) is 7.96. The van der Waals surface area contributed by atoms with E-state index in [-0.39, 0.29) is 6.42 Å². The van der Waals surface area contributed by atoms with Crippen LogP contribution in [0.5, 0.6) is 5.75 Å². The minimum Gasteiger partial charge on any atom is -0.494 e. The maximum atomic E-state index is 11.6. The molecule has 0 atom stereocenters. The van der Waals surface area contributed by atoms with Gasteiger partial charge in [-0.15, -0.1) is 0 Å². The number of aliphatic carboxylic acids is 1. The normalized spacial score (nSPS) is 11.4. The Morgan fingerprint density at radius 1 is 1.00 bits per heavy atom. The van der Waals surface area contributed by atoms with Gasteiger partial charge in [0, 0.05) is 45.7 Å². The van der Waals surface area contributed by atoms with Crippen molar-refractivity contribution in [3.05, 3.63) is 99.2 Å². The molecule has 0 aliphatic heterocycles. The van der Waals surface area contributed by atoms with Crippen molar-refractivity contribution >= 4 is 28.5 Å². The van der Waals surface area contributed by atoms with Crippen molar-refractivity contribution in [2.45, 2.75) is 67.0 Å². The molecule has 0 saturated carbocycles. The van der Waals surface area contributed by atoms with Gasteiger partial charge in [-0.3, -0.25) is 14.5 Å². The number of fused-ring (bicyclic) bond motifs is 1. The molecule has 5 rings (SSSR count). The molecule has 3 aromatic heterocycles. The average molecular weight is 585 g/mol. The van der Waals surface area contributed by atoms with Crippen LogP contribution in [0.25, 0.3) is 22.0 Å². The number of ether oxygens (including phenoxy) is 1. The fourth-order valence-electron chi connectivity index (χ4n) is 5.92. The SMILES string of the molecule is Cc1cc(OCCCc2c(C)n(CCC(=O)O)c3c(-c4c(C)nn(Cc5ccccn5)c4C)cccc23)cc(C)c1Cl. The highest BCUT2D eigenvalue weighted by molar-refractivity contribution is 6.32. The Morgan fingerprint density at radius 3 is 2.45 bits per heavy atom. The number of carboxylic acids is 1. The largest absolute Gasteiger partial charge is 0.494 e. The van der Waals surface area contributed by atoms with Crippen LogP contribution in [-0.2, 0) is 24.3 Å². The van der Waals surface area contributed by atoms with Crippen LogP contribution in [0.4, 0.5) is 0 Å². The number of benzene rings is 2. The van der Waals surface area contributed by atoms with Gasteiger partial charge in [-0.2, -0.15) is 5.10 Å². The first-order chi connectivity index (χ1) is 20.2. The third kappa shape index (κ3) is 5.93. The highest BCUT2D eigenvalue weighted by Crippen LogP contribution is 2.38. The number of halogens is 1. The van der Waals surface area contributed by atoms with E-state index in [1.807, 2.05) is 55.8 Å². The minimum atomic E-state index is -0.812. The number of para-hydroxylation sites is 1. The zero-order valence-corrected chi connectivity index (χ0v) is 25.6. The molecule has 0 bridgehead atoms. The summed E-state index contributed by atoms with van der Waals surface area (Å²) in [5.74, 6) is 0.0127. The molecule has 0 fully saturated rings. The quantitative estimate of drug-likeness (QED) is 0.161. The summed E-state index contributed by atoms with van der Waals surface area (Å²) < 4.78 is 10.3. The summed E-state index contributed by atoms with van der Waals surface area (Å²) in [5, 5.41) is 16.3. The molecule has 0 unspecified atom stereocenters. The number of carboxylic acid groups (broad SMARTS) is 1. The van der Waals surface area contributed by atoms with E-state index >= 15 is 0 Å². The first-order valence-corrected chi connectivity index (χ1v) is 14.7. The van der Waals surface area contributed by atoms with Gasteiger partial charge in [-0.25, -0.2) is 0 Å².